The van der Waals surface area contributed by atoms with Crippen molar-refractivity contribution in [2.75, 3.05) is 26.3 Å². The molecule has 2 heterocycles. The van der Waals surface area contributed by atoms with Gasteiger partial charge in [-0.2, -0.15) is 9.40 Å². The molecule has 0 radical (unpaired) electrons. The maximum atomic E-state index is 13.0. The van der Waals surface area contributed by atoms with Gasteiger partial charge in [0.15, 0.2) is 0 Å². The lowest BCUT2D eigenvalue weighted by atomic mass is 10.2. The molecule has 3 aromatic rings. The Balaban J connectivity index is 1.41. The Morgan fingerprint density at radius 3 is 2.65 bits per heavy atom. The lowest BCUT2D eigenvalue weighted by Gasteiger charge is -2.31. The van der Waals surface area contributed by atoms with Crippen LogP contribution in [0.15, 0.2) is 65.6 Å². The van der Waals surface area contributed by atoms with Crippen LogP contribution in [0.1, 0.15) is 17.5 Å². The van der Waals surface area contributed by atoms with Crippen molar-refractivity contribution < 1.29 is 22.3 Å². The van der Waals surface area contributed by atoms with Gasteiger partial charge in [0.1, 0.15) is 17.7 Å². The molecule has 4 rings (SSSR count). The molecule has 0 bridgehead atoms. The van der Waals surface area contributed by atoms with Crippen LogP contribution in [-0.4, -0.2) is 48.8 Å². The quantitative estimate of drug-likeness (QED) is 0.559. The summed E-state index contributed by atoms with van der Waals surface area (Å²) in [6, 6.07) is 16.2. The Kier molecular flexibility index (Phi) is 6.35. The van der Waals surface area contributed by atoms with E-state index in [0.29, 0.717) is 37.6 Å². The van der Waals surface area contributed by atoms with E-state index >= 15 is 0 Å². The summed E-state index contributed by atoms with van der Waals surface area (Å²) in [7, 11) is -1.75. The van der Waals surface area contributed by atoms with Crippen LogP contribution in [0.4, 0.5) is 4.39 Å². The van der Waals surface area contributed by atoms with Crippen molar-refractivity contribution in [3.63, 3.8) is 0 Å². The van der Waals surface area contributed by atoms with Crippen molar-refractivity contribution in [1.82, 2.24) is 14.1 Å². The van der Waals surface area contributed by atoms with Gasteiger partial charge >= 0.3 is 0 Å². The zero-order valence-corrected chi connectivity index (χ0v) is 18.0. The highest BCUT2D eigenvalue weighted by Gasteiger charge is 2.32. The van der Waals surface area contributed by atoms with Gasteiger partial charge < -0.3 is 9.47 Å². The summed E-state index contributed by atoms with van der Waals surface area (Å²) >= 11 is 0. The fraction of sp³-hybridized carbons (Fsp3) is 0.318. The first-order valence-electron chi connectivity index (χ1n) is 10.0. The normalized spacial score (nSPS) is 17.5. The minimum absolute atomic E-state index is 0.208. The molecule has 0 N–H and O–H groups in total. The molecular formula is C22H24FN3O4S. The number of sulfonamides is 1. The first-order valence-corrected chi connectivity index (χ1v) is 11.5. The van der Waals surface area contributed by atoms with Gasteiger partial charge in [-0.3, -0.25) is 4.68 Å². The van der Waals surface area contributed by atoms with Gasteiger partial charge in [0.25, 0.3) is 0 Å². The molecule has 1 unspecified atom stereocenters. The number of morpholine rings is 1. The number of ether oxygens (including phenoxy) is 2. The molecule has 1 aliphatic rings. The highest BCUT2D eigenvalue weighted by Crippen LogP contribution is 2.26. The maximum Gasteiger partial charge on any atom is 0.243 e. The van der Waals surface area contributed by atoms with E-state index in [-0.39, 0.29) is 17.3 Å². The monoisotopic (exact) mass is 445 g/mol. The van der Waals surface area contributed by atoms with E-state index in [0.717, 1.165) is 5.69 Å². The summed E-state index contributed by atoms with van der Waals surface area (Å²) in [4.78, 5) is 0.273. The maximum absolute atomic E-state index is 13.0. The number of nitrogens with zero attached hydrogens (tertiary/aromatic N) is 3. The lowest BCUT2D eigenvalue weighted by Crippen LogP contribution is -2.42. The van der Waals surface area contributed by atoms with Crippen LogP contribution in [0, 0.1) is 5.82 Å². The largest absolute Gasteiger partial charge is 0.493 e. The molecule has 0 spiro atoms. The SMILES string of the molecule is Cn1nc(C2CN(S(=O)(=O)c3ccccc3)CCO2)cc1CCOc1ccc(F)cc1. The zero-order valence-electron chi connectivity index (χ0n) is 17.1. The van der Waals surface area contributed by atoms with E-state index in [4.69, 9.17) is 9.47 Å². The summed E-state index contributed by atoms with van der Waals surface area (Å²) < 4.78 is 53.5. The number of aryl methyl sites for hydroxylation is 1. The predicted molar refractivity (Wildman–Crippen MR) is 113 cm³/mol. The third-order valence-electron chi connectivity index (χ3n) is 5.18. The van der Waals surface area contributed by atoms with Crippen LogP contribution >= 0.6 is 0 Å². The Morgan fingerprint density at radius 1 is 1.16 bits per heavy atom. The number of halogens is 1. The fourth-order valence-corrected chi connectivity index (χ4v) is 4.94. The van der Waals surface area contributed by atoms with Crippen LogP contribution in [-0.2, 0) is 28.2 Å². The van der Waals surface area contributed by atoms with Gasteiger partial charge in [-0.05, 0) is 42.5 Å². The smallest absolute Gasteiger partial charge is 0.243 e. The molecule has 0 aliphatic carbocycles. The molecule has 1 fully saturated rings. The average molecular weight is 446 g/mol. The third-order valence-corrected chi connectivity index (χ3v) is 7.06. The van der Waals surface area contributed by atoms with E-state index in [1.807, 2.05) is 13.1 Å². The Hall–Kier alpha value is -2.75. The summed E-state index contributed by atoms with van der Waals surface area (Å²) in [6.07, 6.45) is 0.157. The van der Waals surface area contributed by atoms with E-state index in [1.165, 1.54) is 16.4 Å². The molecule has 31 heavy (non-hydrogen) atoms. The summed E-state index contributed by atoms with van der Waals surface area (Å²) in [5.74, 6) is 0.292. The second-order valence-corrected chi connectivity index (χ2v) is 9.21. The molecule has 0 amide bonds. The molecule has 2 aromatic carbocycles. The first kappa shape index (κ1) is 21.5. The van der Waals surface area contributed by atoms with Gasteiger partial charge in [-0.25, -0.2) is 12.8 Å². The van der Waals surface area contributed by atoms with Gasteiger partial charge in [0.05, 0.1) is 23.8 Å². The minimum atomic E-state index is -3.58. The molecule has 1 atom stereocenters. The van der Waals surface area contributed by atoms with Crippen LogP contribution in [0.3, 0.4) is 0 Å². The van der Waals surface area contributed by atoms with Crippen molar-refractivity contribution in [2.24, 2.45) is 7.05 Å². The highest BCUT2D eigenvalue weighted by molar-refractivity contribution is 7.89. The van der Waals surface area contributed by atoms with Crippen molar-refractivity contribution in [3.8, 4) is 5.75 Å². The van der Waals surface area contributed by atoms with Gasteiger partial charge in [0.2, 0.25) is 10.0 Å². The van der Waals surface area contributed by atoms with E-state index < -0.39 is 16.1 Å². The summed E-state index contributed by atoms with van der Waals surface area (Å²) in [6.45, 7) is 1.22. The molecule has 1 aromatic heterocycles. The van der Waals surface area contributed by atoms with Crippen LogP contribution in [0.2, 0.25) is 0 Å². The molecule has 0 saturated carbocycles. The van der Waals surface area contributed by atoms with Gasteiger partial charge in [-0.15, -0.1) is 0 Å². The topological polar surface area (TPSA) is 73.7 Å². The Labute approximate surface area is 181 Å². The number of rotatable bonds is 7. The van der Waals surface area contributed by atoms with Crippen molar-refractivity contribution in [1.29, 1.82) is 0 Å². The molecule has 9 heteroatoms. The lowest BCUT2D eigenvalue weighted by molar-refractivity contribution is -0.00520. The minimum Gasteiger partial charge on any atom is -0.493 e. The predicted octanol–water partition coefficient (Wildman–Crippen LogP) is 2.94. The van der Waals surface area contributed by atoms with Crippen LogP contribution in [0.25, 0.3) is 0 Å². The van der Waals surface area contributed by atoms with Gasteiger partial charge in [0, 0.05) is 32.3 Å². The molecule has 1 saturated heterocycles. The second-order valence-electron chi connectivity index (χ2n) is 7.27. The van der Waals surface area contributed by atoms with Crippen LogP contribution in [0.5, 0.6) is 5.75 Å². The third kappa shape index (κ3) is 4.95. The molecule has 1 aliphatic heterocycles. The van der Waals surface area contributed by atoms with E-state index in [9.17, 15) is 12.8 Å². The number of aromatic nitrogens is 2. The molecule has 7 nitrogen and oxygen atoms in total. The highest BCUT2D eigenvalue weighted by atomic mass is 32.2. The van der Waals surface area contributed by atoms with Crippen molar-refractivity contribution in [3.05, 3.63) is 77.9 Å². The zero-order chi connectivity index (χ0) is 21.8. The van der Waals surface area contributed by atoms with Crippen LogP contribution < -0.4 is 4.74 Å². The number of hydrogen-bond donors (Lipinski definition) is 0. The second kappa shape index (κ2) is 9.17. The van der Waals surface area contributed by atoms with Gasteiger partial charge in [-0.1, -0.05) is 18.2 Å². The fourth-order valence-electron chi connectivity index (χ4n) is 3.49. The van der Waals surface area contributed by atoms with Crippen molar-refractivity contribution >= 4 is 10.0 Å². The Morgan fingerprint density at radius 2 is 1.90 bits per heavy atom. The summed E-state index contributed by atoms with van der Waals surface area (Å²) in [5.41, 5.74) is 1.62. The molecule has 164 valence electrons. The van der Waals surface area contributed by atoms with E-state index in [2.05, 4.69) is 5.10 Å². The number of benzene rings is 2. The standard InChI is InChI=1S/C22H24FN3O4S/c1-25-18(11-13-29-19-9-7-17(23)8-10-19)15-21(24-25)22-16-26(12-14-30-22)31(27,28)20-5-3-2-4-6-20/h2-10,15,22H,11-14,16H2,1H3. The molecular weight excluding hydrogens is 421 g/mol. The average Bonchev–Trinajstić information content (AvgIpc) is 3.16. The number of hydrogen-bond acceptors (Lipinski definition) is 5. The first-order chi connectivity index (χ1) is 14.9. The summed E-state index contributed by atoms with van der Waals surface area (Å²) in [5, 5.41) is 4.53. The Bertz CT molecular complexity index is 1120. The van der Waals surface area contributed by atoms with E-state index in [1.54, 1.807) is 47.1 Å². The van der Waals surface area contributed by atoms with Crippen molar-refractivity contribution in [2.45, 2.75) is 17.4 Å².